The third-order valence-electron chi connectivity index (χ3n) is 3.63. The molecular formula is C18H18N4O2. The number of aromatic nitrogens is 2. The standard InChI is InChI=1S/C18H18N4O2/c1-12(23)19-16-9-5-6-10-17(16)22(13(2)24)11-18-20-14-7-3-4-8-15(14)21-18/h3-10H,11H2,1-2H3,(H,19,23)(H,20,21). The van der Waals surface area contributed by atoms with E-state index < -0.39 is 0 Å². The van der Waals surface area contributed by atoms with Crippen LogP contribution < -0.4 is 10.2 Å². The van der Waals surface area contributed by atoms with E-state index in [9.17, 15) is 9.59 Å². The number of carbonyl (C=O) groups excluding carboxylic acids is 2. The predicted molar refractivity (Wildman–Crippen MR) is 93.7 cm³/mol. The van der Waals surface area contributed by atoms with Crippen LogP contribution in [0, 0.1) is 0 Å². The van der Waals surface area contributed by atoms with Crippen LogP contribution in [0.4, 0.5) is 11.4 Å². The summed E-state index contributed by atoms with van der Waals surface area (Å²) in [4.78, 5) is 32.9. The molecule has 0 fully saturated rings. The van der Waals surface area contributed by atoms with Crippen LogP contribution >= 0.6 is 0 Å². The average Bonchev–Trinajstić information content (AvgIpc) is 2.95. The zero-order chi connectivity index (χ0) is 17.1. The Morgan fingerprint density at radius 3 is 2.50 bits per heavy atom. The van der Waals surface area contributed by atoms with Gasteiger partial charge in [-0.15, -0.1) is 0 Å². The first-order valence-electron chi connectivity index (χ1n) is 7.63. The zero-order valence-electron chi connectivity index (χ0n) is 13.5. The van der Waals surface area contributed by atoms with Crippen LogP contribution in [0.1, 0.15) is 19.7 Å². The summed E-state index contributed by atoms with van der Waals surface area (Å²) in [5.74, 6) is 0.368. The van der Waals surface area contributed by atoms with Crippen LogP contribution in [0.15, 0.2) is 48.5 Å². The maximum atomic E-state index is 12.2. The van der Waals surface area contributed by atoms with Crippen molar-refractivity contribution in [2.75, 3.05) is 10.2 Å². The highest BCUT2D eigenvalue weighted by atomic mass is 16.2. The second-order valence-corrected chi connectivity index (χ2v) is 5.50. The molecule has 0 radical (unpaired) electrons. The van der Waals surface area contributed by atoms with E-state index in [1.54, 1.807) is 17.0 Å². The van der Waals surface area contributed by atoms with Gasteiger partial charge in [0.1, 0.15) is 5.82 Å². The molecule has 3 rings (SSSR count). The lowest BCUT2D eigenvalue weighted by Gasteiger charge is -2.23. The quantitative estimate of drug-likeness (QED) is 0.775. The second kappa shape index (κ2) is 6.54. The molecule has 0 unspecified atom stereocenters. The van der Waals surface area contributed by atoms with Crippen molar-refractivity contribution in [3.63, 3.8) is 0 Å². The molecule has 2 N–H and O–H groups in total. The Morgan fingerprint density at radius 1 is 1.08 bits per heavy atom. The fraction of sp³-hybridized carbons (Fsp3) is 0.167. The molecule has 2 aromatic carbocycles. The molecule has 0 atom stereocenters. The third-order valence-corrected chi connectivity index (χ3v) is 3.63. The molecule has 3 aromatic rings. The van der Waals surface area contributed by atoms with Gasteiger partial charge in [0, 0.05) is 13.8 Å². The zero-order valence-corrected chi connectivity index (χ0v) is 13.5. The molecule has 1 heterocycles. The van der Waals surface area contributed by atoms with Gasteiger partial charge in [-0.25, -0.2) is 4.98 Å². The van der Waals surface area contributed by atoms with Crippen LogP contribution in [-0.4, -0.2) is 21.8 Å². The lowest BCUT2D eigenvalue weighted by molar-refractivity contribution is -0.117. The minimum Gasteiger partial charge on any atom is -0.340 e. The van der Waals surface area contributed by atoms with E-state index in [4.69, 9.17) is 0 Å². The minimum absolute atomic E-state index is 0.131. The van der Waals surface area contributed by atoms with Gasteiger partial charge >= 0.3 is 0 Å². The van der Waals surface area contributed by atoms with Gasteiger partial charge in [-0.3, -0.25) is 9.59 Å². The summed E-state index contributed by atoms with van der Waals surface area (Å²) in [6.07, 6.45) is 0. The number of carbonyl (C=O) groups is 2. The van der Waals surface area contributed by atoms with Gasteiger partial charge in [-0.05, 0) is 24.3 Å². The Labute approximate surface area is 139 Å². The lowest BCUT2D eigenvalue weighted by Crippen LogP contribution is -2.29. The number of hydrogen-bond acceptors (Lipinski definition) is 3. The fourth-order valence-electron chi connectivity index (χ4n) is 2.60. The number of para-hydroxylation sites is 4. The molecule has 24 heavy (non-hydrogen) atoms. The first-order valence-corrected chi connectivity index (χ1v) is 7.63. The maximum absolute atomic E-state index is 12.2. The monoisotopic (exact) mass is 322 g/mol. The summed E-state index contributed by atoms with van der Waals surface area (Å²) in [6.45, 7) is 3.22. The SMILES string of the molecule is CC(=O)Nc1ccccc1N(Cc1nc2ccccc2[nH]1)C(C)=O. The Balaban J connectivity index is 1.96. The minimum atomic E-state index is -0.185. The first kappa shape index (κ1) is 15.7. The van der Waals surface area contributed by atoms with E-state index in [0.717, 1.165) is 11.0 Å². The largest absolute Gasteiger partial charge is 0.340 e. The summed E-state index contributed by atoms with van der Waals surface area (Å²) in [6, 6.07) is 14.9. The third kappa shape index (κ3) is 3.27. The second-order valence-electron chi connectivity index (χ2n) is 5.50. The molecule has 122 valence electrons. The molecule has 0 aliphatic carbocycles. The van der Waals surface area contributed by atoms with Crippen molar-refractivity contribution in [1.29, 1.82) is 0 Å². The van der Waals surface area contributed by atoms with Crippen LogP contribution in [0.5, 0.6) is 0 Å². The van der Waals surface area contributed by atoms with E-state index >= 15 is 0 Å². The summed E-state index contributed by atoms with van der Waals surface area (Å²) < 4.78 is 0. The lowest BCUT2D eigenvalue weighted by atomic mass is 10.2. The molecule has 0 aliphatic heterocycles. The van der Waals surface area contributed by atoms with Crippen molar-refractivity contribution in [3.05, 3.63) is 54.4 Å². The van der Waals surface area contributed by atoms with Crippen LogP contribution in [0.2, 0.25) is 0 Å². The molecule has 2 amide bonds. The Bertz CT molecular complexity index is 868. The number of H-pyrrole nitrogens is 1. The van der Waals surface area contributed by atoms with Crippen LogP contribution in [0.3, 0.4) is 0 Å². The van der Waals surface area contributed by atoms with E-state index in [2.05, 4.69) is 15.3 Å². The van der Waals surface area contributed by atoms with Gasteiger partial charge < -0.3 is 15.2 Å². The number of anilines is 2. The van der Waals surface area contributed by atoms with Crippen molar-refractivity contribution < 1.29 is 9.59 Å². The Hall–Kier alpha value is -3.15. The molecular weight excluding hydrogens is 304 g/mol. The summed E-state index contributed by atoms with van der Waals surface area (Å²) in [5, 5.41) is 2.76. The normalized spacial score (nSPS) is 10.6. The Morgan fingerprint density at radius 2 is 1.79 bits per heavy atom. The number of benzene rings is 2. The number of amides is 2. The molecule has 0 spiro atoms. The number of imidazole rings is 1. The van der Waals surface area contributed by atoms with Crippen molar-refractivity contribution in [3.8, 4) is 0 Å². The number of fused-ring (bicyclic) bond motifs is 1. The van der Waals surface area contributed by atoms with Crippen LogP contribution in [0.25, 0.3) is 11.0 Å². The van der Waals surface area contributed by atoms with Gasteiger partial charge in [-0.1, -0.05) is 24.3 Å². The number of rotatable bonds is 4. The summed E-state index contributed by atoms with van der Waals surface area (Å²) >= 11 is 0. The van der Waals surface area contributed by atoms with Crippen molar-refractivity contribution in [2.24, 2.45) is 0 Å². The van der Waals surface area contributed by atoms with Gasteiger partial charge in [0.25, 0.3) is 0 Å². The number of aromatic amines is 1. The van der Waals surface area contributed by atoms with Gasteiger partial charge in [0.15, 0.2) is 0 Å². The van der Waals surface area contributed by atoms with Gasteiger partial charge in [-0.2, -0.15) is 0 Å². The summed E-state index contributed by atoms with van der Waals surface area (Å²) in [7, 11) is 0. The molecule has 6 heteroatoms. The van der Waals surface area contributed by atoms with Crippen molar-refractivity contribution in [1.82, 2.24) is 9.97 Å². The van der Waals surface area contributed by atoms with Gasteiger partial charge in [0.2, 0.25) is 11.8 Å². The molecule has 0 saturated heterocycles. The predicted octanol–water partition coefficient (Wildman–Crippen LogP) is 3.07. The number of hydrogen-bond donors (Lipinski definition) is 2. The van der Waals surface area contributed by atoms with Crippen molar-refractivity contribution >= 4 is 34.2 Å². The van der Waals surface area contributed by atoms with Crippen LogP contribution in [-0.2, 0) is 16.1 Å². The highest BCUT2D eigenvalue weighted by molar-refractivity contribution is 5.99. The average molecular weight is 322 g/mol. The molecule has 0 bridgehead atoms. The Kier molecular flexibility index (Phi) is 4.29. The maximum Gasteiger partial charge on any atom is 0.224 e. The first-order chi connectivity index (χ1) is 11.5. The number of nitrogens with one attached hydrogen (secondary N) is 2. The smallest absolute Gasteiger partial charge is 0.224 e. The van der Waals surface area contributed by atoms with E-state index in [0.29, 0.717) is 23.7 Å². The molecule has 0 saturated carbocycles. The molecule has 6 nitrogen and oxygen atoms in total. The highest BCUT2D eigenvalue weighted by Gasteiger charge is 2.18. The van der Waals surface area contributed by atoms with Gasteiger partial charge in [0.05, 0.1) is 29.0 Å². The van der Waals surface area contributed by atoms with E-state index in [1.165, 1.54) is 13.8 Å². The van der Waals surface area contributed by atoms with E-state index in [1.807, 2.05) is 36.4 Å². The summed E-state index contributed by atoms with van der Waals surface area (Å²) in [5.41, 5.74) is 3.01. The highest BCUT2D eigenvalue weighted by Crippen LogP contribution is 2.27. The molecule has 1 aromatic heterocycles. The van der Waals surface area contributed by atoms with Crippen molar-refractivity contribution in [2.45, 2.75) is 20.4 Å². The fourth-order valence-corrected chi connectivity index (χ4v) is 2.60. The topological polar surface area (TPSA) is 78.1 Å². The van der Waals surface area contributed by atoms with E-state index in [-0.39, 0.29) is 11.8 Å². The molecule has 0 aliphatic rings. The number of nitrogens with zero attached hydrogens (tertiary/aromatic N) is 2.